The number of hydrogen-bond acceptors (Lipinski definition) is 7. The van der Waals surface area contributed by atoms with Crippen LogP contribution in [0.25, 0.3) is 0 Å². The molecule has 7 nitrogen and oxygen atoms in total. The molecule has 1 aromatic heterocycles. The van der Waals surface area contributed by atoms with Crippen LogP contribution in [0.1, 0.15) is 40.0 Å². The number of nitrogen functional groups attached to an aromatic ring is 1. The van der Waals surface area contributed by atoms with Gasteiger partial charge >= 0.3 is 0 Å². The number of methoxy groups -OCH3 is 2. The lowest BCUT2D eigenvalue weighted by molar-refractivity contribution is 0.136. The molecule has 1 aliphatic carbocycles. The Hall–Kier alpha value is -1.60. The molecule has 3 rings (SSSR count). The van der Waals surface area contributed by atoms with Gasteiger partial charge in [0.2, 0.25) is 0 Å². The number of aromatic nitrogens is 2. The van der Waals surface area contributed by atoms with Crippen LogP contribution in [0, 0.1) is 10.8 Å². The number of nitrogens with zero attached hydrogens (tertiary/aromatic N) is 4. The molecule has 0 spiro atoms. The lowest BCUT2D eigenvalue weighted by Gasteiger charge is -2.39. The van der Waals surface area contributed by atoms with Gasteiger partial charge in [-0.2, -0.15) is 0 Å². The van der Waals surface area contributed by atoms with Crippen LogP contribution >= 0.6 is 0 Å². The van der Waals surface area contributed by atoms with E-state index in [4.69, 9.17) is 15.2 Å². The molecular formula is C20H35N5O2. The van der Waals surface area contributed by atoms with Crippen molar-refractivity contribution in [3.8, 4) is 0 Å². The third-order valence-corrected chi connectivity index (χ3v) is 5.96. The monoisotopic (exact) mass is 377 g/mol. The zero-order valence-electron chi connectivity index (χ0n) is 17.5. The summed E-state index contributed by atoms with van der Waals surface area (Å²) in [6, 6.07) is 0.496. The van der Waals surface area contributed by atoms with Crippen molar-refractivity contribution in [3.63, 3.8) is 0 Å². The van der Waals surface area contributed by atoms with Crippen molar-refractivity contribution < 1.29 is 9.47 Å². The summed E-state index contributed by atoms with van der Waals surface area (Å²) in [6.45, 7) is 10.8. The van der Waals surface area contributed by atoms with Gasteiger partial charge in [0.15, 0.2) is 11.6 Å². The van der Waals surface area contributed by atoms with Crippen LogP contribution in [-0.4, -0.2) is 63.1 Å². The molecule has 152 valence electrons. The van der Waals surface area contributed by atoms with Crippen molar-refractivity contribution >= 4 is 17.3 Å². The molecule has 1 aliphatic heterocycles. The van der Waals surface area contributed by atoms with E-state index in [1.165, 1.54) is 19.3 Å². The molecule has 1 aromatic rings. The molecule has 2 bridgehead atoms. The van der Waals surface area contributed by atoms with Gasteiger partial charge in [-0.25, -0.2) is 9.97 Å². The summed E-state index contributed by atoms with van der Waals surface area (Å²) in [5.41, 5.74) is 7.97. The second-order valence-corrected chi connectivity index (χ2v) is 9.25. The molecule has 2 heterocycles. The van der Waals surface area contributed by atoms with Gasteiger partial charge in [-0.05, 0) is 30.1 Å². The number of ether oxygens (including phenoxy) is 2. The summed E-state index contributed by atoms with van der Waals surface area (Å²) < 4.78 is 10.5. The van der Waals surface area contributed by atoms with Crippen molar-refractivity contribution in [2.75, 3.05) is 62.6 Å². The van der Waals surface area contributed by atoms with Crippen molar-refractivity contribution in [1.29, 1.82) is 0 Å². The fraction of sp³-hybridized carbons (Fsp3) is 0.800. The van der Waals surface area contributed by atoms with Gasteiger partial charge in [-0.3, -0.25) is 0 Å². The SMILES string of the molecule is COCCN(CCOC)c1ncnc(N2CC3(C)CC2CC(C)(C)C3)c1N. The number of fused-ring (bicyclic) bond motifs is 2. The number of hydrogen-bond donors (Lipinski definition) is 1. The van der Waals surface area contributed by atoms with E-state index >= 15 is 0 Å². The fourth-order valence-corrected chi connectivity index (χ4v) is 5.29. The summed E-state index contributed by atoms with van der Waals surface area (Å²) in [7, 11) is 3.41. The Labute approximate surface area is 163 Å². The van der Waals surface area contributed by atoms with Crippen LogP contribution in [0.3, 0.4) is 0 Å². The number of anilines is 3. The van der Waals surface area contributed by atoms with E-state index in [2.05, 4.69) is 40.5 Å². The van der Waals surface area contributed by atoms with Crippen LogP contribution in [0.15, 0.2) is 6.33 Å². The maximum Gasteiger partial charge on any atom is 0.157 e. The summed E-state index contributed by atoms with van der Waals surface area (Å²) >= 11 is 0. The van der Waals surface area contributed by atoms with Gasteiger partial charge in [-0.1, -0.05) is 20.8 Å². The van der Waals surface area contributed by atoms with Gasteiger partial charge in [0, 0.05) is 39.9 Å². The first-order valence-electron chi connectivity index (χ1n) is 9.88. The highest BCUT2D eigenvalue weighted by Gasteiger charge is 2.50. The average molecular weight is 378 g/mol. The highest BCUT2D eigenvalue weighted by Crippen LogP contribution is 2.54. The summed E-state index contributed by atoms with van der Waals surface area (Å²) in [5.74, 6) is 1.66. The average Bonchev–Trinajstić information content (AvgIpc) is 2.84. The minimum atomic E-state index is 0.329. The molecule has 0 radical (unpaired) electrons. The Morgan fingerprint density at radius 3 is 2.44 bits per heavy atom. The van der Waals surface area contributed by atoms with Crippen molar-refractivity contribution in [2.45, 2.75) is 46.1 Å². The van der Waals surface area contributed by atoms with E-state index < -0.39 is 0 Å². The summed E-state index contributed by atoms with van der Waals surface area (Å²) in [5, 5.41) is 0. The van der Waals surface area contributed by atoms with E-state index in [1.807, 2.05) is 0 Å². The Kier molecular flexibility index (Phi) is 5.82. The van der Waals surface area contributed by atoms with E-state index in [1.54, 1.807) is 20.5 Å². The van der Waals surface area contributed by atoms with Gasteiger partial charge < -0.3 is 25.0 Å². The summed E-state index contributed by atoms with van der Waals surface area (Å²) in [6.07, 6.45) is 5.28. The van der Waals surface area contributed by atoms with Crippen LogP contribution < -0.4 is 15.5 Å². The largest absolute Gasteiger partial charge is 0.393 e. The smallest absolute Gasteiger partial charge is 0.157 e. The van der Waals surface area contributed by atoms with E-state index in [0.717, 1.165) is 18.2 Å². The van der Waals surface area contributed by atoms with Gasteiger partial charge in [0.05, 0.1) is 13.2 Å². The van der Waals surface area contributed by atoms with Crippen LogP contribution in [-0.2, 0) is 9.47 Å². The molecule has 1 saturated carbocycles. The molecule has 7 heteroatoms. The lowest BCUT2D eigenvalue weighted by Crippen LogP contribution is -2.36. The fourth-order valence-electron chi connectivity index (χ4n) is 5.29. The Bertz CT molecular complexity index is 645. The standard InChI is InChI=1S/C20H35N5O2/c1-19(2)10-15-11-20(3,12-19)13-25(15)18-16(21)17(22-14-23-18)24(6-8-26-4)7-9-27-5/h14-15H,6-13,21H2,1-5H3. The first kappa shape index (κ1) is 20.1. The zero-order valence-corrected chi connectivity index (χ0v) is 17.5. The first-order chi connectivity index (χ1) is 12.8. The highest BCUT2D eigenvalue weighted by molar-refractivity contribution is 5.76. The van der Waals surface area contributed by atoms with E-state index in [-0.39, 0.29) is 0 Å². The highest BCUT2D eigenvalue weighted by atomic mass is 16.5. The minimum absolute atomic E-state index is 0.329. The molecule has 27 heavy (non-hydrogen) atoms. The zero-order chi connectivity index (χ0) is 19.7. The van der Waals surface area contributed by atoms with Crippen molar-refractivity contribution in [1.82, 2.24) is 9.97 Å². The van der Waals surface area contributed by atoms with E-state index in [9.17, 15) is 0 Å². The minimum Gasteiger partial charge on any atom is -0.393 e. The van der Waals surface area contributed by atoms with Crippen molar-refractivity contribution in [3.05, 3.63) is 6.33 Å². The topological polar surface area (TPSA) is 76.7 Å². The molecule has 2 aliphatic rings. The first-order valence-corrected chi connectivity index (χ1v) is 9.88. The van der Waals surface area contributed by atoms with Gasteiger partial charge in [0.25, 0.3) is 0 Å². The van der Waals surface area contributed by atoms with Crippen LogP contribution in [0.4, 0.5) is 17.3 Å². The van der Waals surface area contributed by atoms with Gasteiger partial charge in [0.1, 0.15) is 12.0 Å². The second kappa shape index (κ2) is 7.80. The molecule has 2 fully saturated rings. The van der Waals surface area contributed by atoms with Crippen molar-refractivity contribution in [2.24, 2.45) is 10.8 Å². The van der Waals surface area contributed by atoms with Crippen LogP contribution in [0.2, 0.25) is 0 Å². The lowest BCUT2D eigenvalue weighted by atomic mass is 9.65. The maximum absolute atomic E-state index is 6.61. The quantitative estimate of drug-likeness (QED) is 0.746. The number of rotatable bonds is 8. The Balaban J connectivity index is 1.88. The predicted octanol–water partition coefficient (Wildman–Crippen LogP) is 2.56. The van der Waals surface area contributed by atoms with E-state index in [0.29, 0.717) is 48.9 Å². The summed E-state index contributed by atoms with van der Waals surface area (Å²) in [4.78, 5) is 13.7. The Morgan fingerprint density at radius 2 is 1.81 bits per heavy atom. The maximum atomic E-state index is 6.61. The molecule has 2 atom stereocenters. The Morgan fingerprint density at radius 1 is 1.15 bits per heavy atom. The second-order valence-electron chi connectivity index (χ2n) is 9.25. The molecule has 2 unspecified atom stereocenters. The predicted molar refractivity (Wildman–Crippen MR) is 109 cm³/mol. The molecule has 0 amide bonds. The molecule has 0 aromatic carbocycles. The molecule has 2 N–H and O–H groups in total. The van der Waals surface area contributed by atoms with Gasteiger partial charge in [-0.15, -0.1) is 0 Å². The third kappa shape index (κ3) is 4.29. The van der Waals surface area contributed by atoms with Crippen LogP contribution in [0.5, 0.6) is 0 Å². The molecular weight excluding hydrogens is 342 g/mol. The third-order valence-electron chi connectivity index (χ3n) is 5.96. The molecule has 1 saturated heterocycles. The number of nitrogens with two attached hydrogens (primary N) is 1. The normalized spacial score (nSPS) is 26.4.